The molecule has 8 heteroatoms. The lowest BCUT2D eigenvalue weighted by Gasteiger charge is -2.33. The molecule has 1 aromatic heterocycles. The van der Waals surface area contributed by atoms with E-state index in [-0.39, 0.29) is 41.6 Å². The molecule has 1 atom stereocenters. The van der Waals surface area contributed by atoms with Crippen molar-refractivity contribution in [3.8, 4) is 5.75 Å². The number of ether oxygens (including phenoxy) is 1. The first kappa shape index (κ1) is 22.7. The number of piperidine rings is 1. The van der Waals surface area contributed by atoms with Crippen LogP contribution in [0, 0.1) is 5.82 Å². The van der Waals surface area contributed by atoms with Gasteiger partial charge in [-0.25, -0.2) is 4.39 Å². The van der Waals surface area contributed by atoms with Gasteiger partial charge in [0.05, 0.1) is 11.5 Å². The van der Waals surface area contributed by atoms with E-state index in [1.807, 2.05) is 6.92 Å². The summed E-state index contributed by atoms with van der Waals surface area (Å²) in [6.45, 7) is 4.54. The number of hydrogen-bond acceptors (Lipinski definition) is 4. The summed E-state index contributed by atoms with van der Waals surface area (Å²) in [7, 11) is 1.76. The number of anilines is 1. The molecule has 1 fully saturated rings. The molecule has 2 N–H and O–H groups in total. The summed E-state index contributed by atoms with van der Waals surface area (Å²) in [6, 6.07) is 11.1. The van der Waals surface area contributed by atoms with Crippen LogP contribution in [0.15, 0.2) is 46.8 Å². The Labute approximate surface area is 187 Å². The number of thiophene rings is 1. The number of nitrogens with zero attached hydrogens (tertiary/aromatic N) is 2. The number of rotatable bonds is 6. The van der Waals surface area contributed by atoms with E-state index in [9.17, 15) is 4.39 Å². The van der Waals surface area contributed by atoms with Crippen molar-refractivity contribution in [3.63, 3.8) is 0 Å². The Bertz CT molecular complexity index is 736. The second kappa shape index (κ2) is 11.5. The number of para-hydroxylation sites is 1. The fourth-order valence-corrected chi connectivity index (χ4v) is 3.91. The molecule has 1 aromatic carbocycles. The predicted molar refractivity (Wildman–Crippen MR) is 126 cm³/mol. The minimum absolute atomic E-state index is 0. The van der Waals surface area contributed by atoms with Gasteiger partial charge in [0.15, 0.2) is 17.5 Å². The van der Waals surface area contributed by atoms with Gasteiger partial charge >= 0.3 is 0 Å². The molecule has 1 aliphatic rings. The molecule has 2 aromatic rings. The molecule has 154 valence electrons. The van der Waals surface area contributed by atoms with Crippen LogP contribution in [0.25, 0.3) is 0 Å². The minimum Gasteiger partial charge on any atom is -0.486 e. The second-order valence-electron chi connectivity index (χ2n) is 6.67. The maximum atomic E-state index is 13.7. The van der Waals surface area contributed by atoms with Crippen LogP contribution in [0.2, 0.25) is 0 Å². The predicted octanol–water partition coefficient (Wildman–Crippen LogP) is 4.11. The monoisotopic (exact) mass is 518 g/mol. The topological polar surface area (TPSA) is 48.9 Å². The molecule has 0 amide bonds. The highest BCUT2D eigenvalue weighted by Gasteiger charge is 2.21. The molecule has 2 heterocycles. The Balaban J connectivity index is 0.00000280. The molecule has 1 saturated heterocycles. The number of hydrogen-bond donors (Lipinski definition) is 2. The summed E-state index contributed by atoms with van der Waals surface area (Å²) in [6.07, 6.45) is 1.96. The quantitative estimate of drug-likeness (QED) is 0.344. The van der Waals surface area contributed by atoms with Gasteiger partial charge in [0.2, 0.25) is 0 Å². The third-order valence-corrected chi connectivity index (χ3v) is 5.53. The first-order valence-corrected chi connectivity index (χ1v) is 10.2. The van der Waals surface area contributed by atoms with Crippen molar-refractivity contribution in [2.45, 2.75) is 31.9 Å². The number of guanidine groups is 1. The zero-order chi connectivity index (χ0) is 19.1. The van der Waals surface area contributed by atoms with Gasteiger partial charge in [-0.2, -0.15) is 0 Å². The van der Waals surface area contributed by atoms with E-state index in [0.717, 1.165) is 31.9 Å². The normalized spacial score (nSPS) is 16.2. The third kappa shape index (κ3) is 6.51. The molecule has 0 saturated carbocycles. The van der Waals surface area contributed by atoms with E-state index in [0.29, 0.717) is 12.6 Å². The first-order chi connectivity index (χ1) is 13.2. The highest BCUT2D eigenvalue weighted by atomic mass is 127. The van der Waals surface area contributed by atoms with E-state index < -0.39 is 0 Å². The van der Waals surface area contributed by atoms with Crippen LogP contribution in [0.1, 0.15) is 19.8 Å². The van der Waals surface area contributed by atoms with Gasteiger partial charge in [0, 0.05) is 26.2 Å². The first-order valence-electron chi connectivity index (χ1n) is 9.32. The second-order valence-corrected chi connectivity index (χ2v) is 7.60. The molecule has 28 heavy (non-hydrogen) atoms. The van der Waals surface area contributed by atoms with Crippen molar-refractivity contribution in [1.29, 1.82) is 0 Å². The Morgan fingerprint density at radius 2 is 2.04 bits per heavy atom. The van der Waals surface area contributed by atoms with Gasteiger partial charge < -0.3 is 20.3 Å². The standard InChI is InChI=1S/C20H27FN4OS.HI/c1-15(26-18-7-4-3-6-17(18)21)14-23-20(22-2)24-16-9-11-25(12-10-16)19-8-5-13-27-19;/h3-8,13,15-16H,9-12,14H2,1-2H3,(H2,22,23,24);1H. The number of nitrogens with one attached hydrogen (secondary N) is 2. The van der Waals surface area contributed by atoms with Crippen LogP contribution in [0.4, 0.5) is 9.39 Å². The van der Waals surface area contributed by atoms with Crippen LogP contribution in [0.5, 0.6) is 5.75 Å². The van der Waals surface area contributed by atoms with Crippen molar-refractivity contribution in [1.82, 2.24) is 10.6 Å². The highest BCUT2D eigenvalue weighted by molar-refractivity contribution is 14.0. The van der Waals surface area contributed by atoms with Crippen LogP contribution in [-0.2, 0) is 0 Å². The molecule has 0 spiro atoms. The van der Waals surface area contributed by atoms with Crippen molar-refractivity contribution in [2.24, 2.45) is 4.99 Å². The highest BCUT2D eigenvalue weighted by Crippen LogP contribution is 2.24. The molecule has 1 aliphatic heterocycles. The van der Waals surface area contributed by atoms with Crippen molar-refractivity contribution < 1.29 is 9.13 Å². The molecular weight excluding hydrogens is 490 g/mol. The summed E-state index contributed by atoms with van der Waals surface area (Å²) in [5, 5.41) is 10.2. The van der Waals surface area contributed by atoms with Crippen LogP contribution in [0.3, 0.4) is 0 Å². The summed E-state index contributed by atoms with van der Waals surface area (Å²) < 4.78 is 19.3. The van der Waals surface area contributed by atoms with Crippen molar-refractivity contribution in [2.75, 3.05) is 31.6 Å². The molecule has 1 unspecified atom stereocenters. The number of aliphatic imine (C=N–C) groups is 1. The van der Waals surface area contributed by atoms with Crippen molar-refractivity contribution in [3.05, 3.63) is 47.6 Å². The lowest BCUT2D eigenvalue weighted by molar-refractivity contribution is 0.214. The van der Waals surface area contributed by atoms with Gasteiger partial charge in [-0.3, -0.25) is 4.99 Å². The van der Waals surface area contributed by atoms with Crippen LogP contribution >= 0.6 is 35.3 Å². The van der Waals surface area contributed by atoms with Gasteiger partial charge in [0.1, 0.15) is 6.10 Å². The summed E-state index contributed by atoms with van der Waals surface area (Å²) in [5.41, 5.74) is 0. The number of halogens is 2. The molecular formula is C20H28FIN4OS. The average Bonchev–Trinajstić information content (AvgIpc) is 3.22. The minimum atomic E-state index is -0.343. The Morgan fingerprint density at radius 1 is 1.29 bits per heavy atom. The molecule has 0 bridgehead atoms. The average molecular weight is 518 g/mol. The van der Waals surface area contributed by atoms with E-state index in [1.165, 1.54) is 11.1 Å². The van der Waals surface area contributed by atoms with Gasteiger partial charge in [0.25, 0.3) is 0 Å². The lowest BCUT2D eigenvalue weighted by atomic mass is 10.1. The van der Waals surface area contributed by atoms with E-state index in [4.69, 9.17) is 4.74 Å². The van der Waals surface area contributed by atoms with E-state index in [1.54, 1.807) is 36.6 Å². The summed E-state index contributed by atoms with van der Waals surface area (Å²) >= 11 is 1.79. The summed E-state index contributed by atoms with van der Waals surface area (Å²) in [5.74, 6) is 0.689. The van der Waals surface area contributed by atoms with Gasteiger partial charge in [-0.1, -0.05) is 12.1 Å². The largest absolute Gasteiger partial charge is 0.486 e. The van der Waals surface area contributed by atoms with Crippen LogP contribution < -0.4 is 20.3 Å². The maximum absolute atomic E-state index is 13.7. The van der Waals surface area contributed by atoms with E-state index in [2.05, 4.69) is 38.0 Å². The van der Waals surface area contributed by atoms with E-state index >= 15 is 0 Å². The smallest absolute Gasteiger partial charge is 0.191 e. The number of benzene rings is 1. The third-order valence-electron chi connectivity index (χ3n) is 4.60. The fraction of sp³-hybridized carbons (Fsp3) is 0.450. The molecule has 0 aliphatic carbocycles. The van der Waals surface area contributed by atoms with Crippen LogP contribution in [-0.4, -0.2) is 44.8 Å². The Hall–Kier alpha value is -1.55. The van der Waals surface area contributed by atoms with Crippen molar-refractivity contribution >= 4 is 46.3 Å². The molecule has 0 radical (unpaired) electrons. The molecule has 5 nitrogen and oxygen atoms in total. The van der Waals surface area contributed by atoms with Gasteiger partial charge in [-0.15, -0.1) is 35.3 Å². The maximum Gasteiger partial charge on any atom is 0.191 e. The SMILES string of the molecule is CN=C(NCC(C)Oc1ccccc1F)NC1CCN(c2cccs2)CC1.I. The van der Waals surface area contributed by atoms with Gasteiger partial charge in [-0.05, 0) is 49.4 Å². The summed E-state index contributed by atoms with van der Waals surface area (Å²) in [4.78, 5) is 6.73. The Kier molecular flexibility index (Phi) is 9.30. The fourth-order valence-electron chi connectivity index (χ4n) is 3.12. The Morgan fingerprint density at radius 3 is 2.68 bits per heavy atom. The zero-order valence-electron chi connectivity index (χ0n) is 16.2. The molecule has 3 rings (SSSR count). The zero-order valence-corrected chi connectivity index (χ0v) is 19.4. The lowest BCUT2D eigenvalue weighted by Crippen LogP contribution is -2.50.